The van der Waals surface area contributed by atoms with E-state index in [0.29, 0.717) is 35.4 Å². The van der Waals surface area contributed by atoms with E-state index in [1.54, 1.807) is 30.2 Å². The summed E-state index contributed by atoms with van der Waals surface area (Å²) in [6.07, 6.45) is 0. The molecule has 0 aliphatic carbocycles. The molecule has 1 amide bonds. The summed E-state index contributed by atoms with van der Waals surface area (Å²) in [6, 6.07) is 16.6. The third-order valence-electron chi connectivity index (χ3n) is 4.87. The minimum atomic E-state index is -0.540. The number of carbonyl (C=O) groups excluding carboxylic acids is 1. The second-order valence-corrected chi connectivity index (χ2v) is 6.46. The van der Waals surface area contributed by atoms with E-state index >= 15 is 0 Å². The molecule has 1 saturated heterocycles. The van der Waals surface area contributed by atoms with Crippen molar-refractivity contribution >= 4 is 22.6 Å². The Labute approximate surface area is 156 Å². The van der Waals surface area contributed by atoms with Crippen LogP contribution in [0.5, 0.6) is 5.75 Å². The summed E-state index contributed by atoms with van der Waals surface area (Å²) in [5, 5.41) is 0.617. The van der Waals surface area contributed by atoms with Crippen LogP contribution in [0, 0.1) is 0 Å². The van der Waals surface area contributed by atoms with Crippen molar-refractivity contribution in [1.29, 1.82) is 0 Å². The zero-order valence-corrected chi connectivity index (χ0v) is 15.1. The van der Waals surface area contributed by atoms with Crippen molar-refractivity contribution in [3.63, 3.8) is 0 Å². The summed E-state index contributed by atoms with van der Waals surface area (Å²) in [6.45, 7) is 2.71. The Bertz CT molecular complexity index is 1020. The SMILES string of the molecule is COc1ccc2c(C(=O)N3CCN(c4ccccc4)CC3)cc(=O)oc2c1. The number of rotatable bonds is 3. The Morgan fingerprint density at radius 2 is 1.74 bits per heavy atom. The van der Waals surface area contributed by atoms with E-state index in [4.69, 9.17) is 9.15 Å². The molecule has 2 heterocycles. The Kier molecular flexibility index (Phi) is 4.54. The molecule has 0 atom stereocenters. The van der Waals surface area contributed by atoms with Crippen LogP contribution in [0.15, 0.2) is 63.8 Å². The van der Waals surface area contributed by atoms with Crippen LogP contribution in [0.3, 0.4) is 0 Å². The average Bonchev–Trinajstić information content (AvgIpc) is 2.73. The van der Waals surface area contributed by atoms with E-state index in [2.05, 4.69) is 17.0 Å². The number of nitrogens with zero attached hydrogens (tertiary/aromatic N) is 2. The van der Waals surface area contributed by atoms with Crippen LogP contribution >= 0.6 is 0 Å². The molecule has 4 rings (SSSR count). The quantitative estimate of drug-likeness (QED) is 0.669. The lowest BCUT2D eigenvalue weighted by Gasteiger charge is -2.36. The Balaban J connectivity index is 1.58. The van der Waals surface area contributed by atoms with Gasteiger partial charge in [0.15, 0.2) is 0 Å². The summed E-state index contributed by atoms with van der Waals surface area (Å²) in [7, 11) is 1.54. The lowest BCUT2D eigenvalue weighted by Crippen LogP contribution is -2.48. The van der Waals surface area contributed by atoms with Crippen LogP contribution < -0.4 is 15.3 Å². The van der Waals surface area contributed by atoms with Crippen molar-refractivity contribution in [3.05, 3.63) is 70.6 Å². The average molecular weight is 364 g/mol. The molecule has 3 aromatic rings. The molecule has 27 heavy (non-hydrogen) atoms. The highest BCUT2D eigenvalue weighted by molar-refractivity contribution is 6.05. The van der Waals surface area contributed by atoms with Crippen LogP contribution in [0.25, 0.3) is 11.0 Å². The number of benzene rings is 2. The molecule has 6 heteroatoms. The maximum atomic E-state index is 13.1. The fourth-order valence-corrected chi connectivity index (χ4v) is 3.42. The van der Waals surface area contributed by atoms with Crippen LogP contribution in [-0.2, 0) is 0 Å². The predicted octanol–water partition coefficient (Wildman–Crippen LogP) is 2.76. The van der Waals surface area contributed by atoms with E-state index in [-0.39, 0.29) is 5.91 Å². The van der Waals surface area contributed by atoms with E-state index in [1.165, 1.54) is 6.07 Å². The van der Waals surface area contributed by atoms with Crippen molar-refractivity contribution in [1.82, 2.24) is 4.90 Å². The van der Waals surface area contributed by atoms with Gasteiger partial charge in [-0.25, -0.2) is 4.79 Å². The Hall–Kier alpha value is -3.28. The maximum absolute atomic E-state index is 13.1. The lowest BCUT2D eigenvalue weighted by atomic mass is 10.1. The zero-order chi connectivity index (χ0) is 18.8. The van der Waals surface area contributed by atoms with E-state index in [9.17, 15) is 9.59 Å². The zero-order valence-electron chi connectivity index (χ0n) is 15.1. The number of carbonyl (C=O) groups is 1. The maximum Gasteiger partial charge on any atom is 0.337 e. The van der Waals surface area contributed by atoms with Gasteiger partial charge in [-0.15, -0.1) is 0 Å². The minimum Gasteiger partial charge on any atom is -0.497 e. The van der Waals surface area contributed by atoms with Gasteiger partial charge in [0.1, 0.15) is 11.3 Å². The Morgan fingerprint density at radius 1 is 1.00 bits per heavy atom. The molecule has 0 bridgehead atoms. The summed E-state index contributed by atoms with van der Waals surface area (Å²) >= 11 is 0. The van der Waals surface area contributed by atoms with Gasteiger partial charge in [0, 0.05) is 49.4 Å². The highest BCUT2D eigenvalue weighted by atomic mass is 16.5. The van der Waals surface area contributed by atoms with E-state index in [0.717, 1.165) is 18.8 Å². The topological polar surface area (TPSA) is 63.0 Å². The number of fused-ring (bicyclic) bond motifs is 1. The molecule has 2 aromatic carbocycles. The summed E-state index contributed by atoms with van der Waals surface area (Å²) in [5.41, 5.74) is 1.34. The standard InChI is InChI=1S/C21H20N2O4/c1-26-16-7-8-17-18(14-20(24)27-19(17)13-16)21(25)23-11-9-22(10-12-23)15-5-3-2-4-6-15/h2-8,13-14H,9-12H2,1H3. The number of anilines is 1. The van der Waals surface area contributed by atoms with Crippen molar-refractivity contribution in [2.45, 2.75) is 0 Å². The number of hydrogen-bond donors (Lipinski definition) is 0. The smallest absolute Gasteiger partial charge is 0.337 e. The number of ether oxygens (including phenoxy) is 1. The fraction of sp³-hybridized carbons (Fsp3) is 0.238. The molecular formula is C21H20N2O4. The molecule has 6 nitrogen and oxygen atoms in total. The van der Waals surface area contributed by atoms with Gasteiger partial charge in [0.05, 0.1) is 12.7 Å². The summed E-state index contributed by atoms with van der Waals surface area (Å²) in [4.78, 5) is 29.0. The highest BCUT2D eigenvalue weighted by Gasteiger charge is 2.24. The van der Waals surface area contributed by atoms with Crippen LogP contribution in [-0.4, -0.2) is 44.1 Å². The van der Waals surface area contributed by atoms with Gasteiger partial charge in [-0.05, 0) is 24.3 Å². The number of amides is 1. The van der Waals surface area contributed by atoms with E-state index < -0.39 is 5.63 Å². The van der Waals surface area contributed by atoms with Gasteiger partial charge in [-0.1, -0.05) is 18.2 Å². The lowest BCUT2D eigenvalue weighted by molar-refractivity contribution is 0.0748. The second kappa shape index (κ2) is 7.15. The first-order valence-corrected chi connectivity index (χ1v) is 8.87. The largest absolute Gasteiger partial charge is 0.497 e. The highest BCUT2D eigenvalue weighted by Crippen LogP contribution is 2.24. The molecule has 1 aromatic heterocycles. The first-order chi connectivity index (χ1) is 13.2. The van der Waals surface area contributed by atoms with Crippen LogP contribution in [0.2, 0.25) is 0 Å². The van der Waals surface area contributed by atoms with Crippen molar-refractivity contribution in [2.75, 3.05) is 38.2 Å². The number of methoxy groups -OCH3 is 1. The molecule has 1 fully saturated rings. The Morgan fingerprint density at radius 3 is 2.44 bits per heavy atom. The summed E-state index contributed by atoms with van der Waals surface area (Å²) < 4.78 is 10.4. The number of para-hydroxylation sites is 1. The molecule has 0 unspecified atom stereocenters. The fourth-order valence-electron chi connectivity index (χ4n) is 3.42. The molecule has 138 valence electrons. The van der Waals surface area contributed by atoms with Gasteiger partial charge in [0.2, 0.25) is 0 Å². The molecule has 0 radical (unpaired) electrons. The second-order valence-electron chi connectivity index (χ2n) is 6.46. The van der Waals surface area contributed by atoms with Crippen LogP contribution in [0.1, 0.15) is 10.4 Å². The van der Waals surface area contributed by atoms with Crippen molar-refractivity contribution < 1.29 is 13.9 Å². The first-order valence-electron chi connectivity index (χ1n) is 8.87. The third-order valence-corrected chi connectivity index (χ3v) is 4.87. The first kappa shape index (κ1) is 17.1. The summed E-state index contributed by atoms with van der Waals surface area (Å²) in [5.74, 6) is 0.428. The number of hydrogen-bond acceptors (Lipinski definition) is 5. The normalized spacial score (nSPS) is 14.4. The molecule has 1 aliphatic heterocycles. The van der Waals surface area contributed by atoms with Gasteiger partial charge < -0.3 is 19.0 Å². The van der Waals surface area contributed by atoms with Crippen molar-refractivity contribution in [2.24, 2.45) is 0 Å². The van der Waals surface area contributed by atoms with Crippen LogP contribution in [0.4, 0.5) is 5.69 Å². The van der Waals surface area contributed by atoms with Crippen molar-refractivity contribution in [3.8, 4) is 5.75 Å². The van der Waals surface area contributed by atoms with Gasteiger partial charge in [0.25, 0.3) is 5.91 Å². The third kappa shape index (κ3) is 3.38. The van der Waals surface area contributed by atoms with E-state index in [1.807, 2.05) is 18.2 Å². The molecule has 0 saturated carbocycles. The van der Waals surface area contributed by atoms with Gasteiger partial charge in [-0.2, -0.15) is 0 Å². The molecular weight excluding hydrogens is 344 g/mol. The molecule has 0 spiro atoms. The van der Waals surface area contributed by atoms with Gasteiger partial charge >= 0.3 is 5.63 Å². The van der Waals surface area contributed by atoms with Gasteiger partial charge in [-0.3, -0.25) is 4.79 Å². The predicted molar refractivity (Wildman–Crippen MR) is 104 cm³/mol. The minimum absolute atomic E-state index is 0.147. The number of piperazine rings is 1. The molecule has 0 N–H and O–H groups in total. The monoisotopic (exact) mass is 364 g/mol. The molecule has 1 aliphatic rings.